The highest BCUT2D eigenvalue weighted by atomic mass is 32.1. The SMILES string of the molecule is CCC(CC)Oc1ccc(-c2cnc(-c3ccc(C[C@H](NC(=O)c4ccc(C(C)(C)C)s4)C(=O)N4CC(C(=O)O)C4)cc3)nc2)cc1. The number of amides is 2. The normalized spacial score (nSPS) is 14.0. The van der Waals surface area contributed by atoms with E-state index in [1.165, 1.54) is 16.2 Å². The van der Waals surface area contributed by atoms with Gasteiger partial charge in [-0.25, -0.2) is 9.97 Å². The van der Waals surface area contributed by atoms with Gasteiger partial charge in [-0.15, -0.1) is 11.3 Å². The van der Waals surface area contributed by atoms with Gasteiger partial charge < -0.3 is 20.1 Å². The molecule has 3 heterocycles. The van der Waals surface area contributed by atoms with Crippen molar-refractivity contribution in [3.8, 4) is 28.3 Å². The van der Waals surface area contributed by atoms with E-state index >= 15 is 0 Å². The summed E-state index contributed by atoms with van der Waals surface area (Å²) in [6, 6.07) is 18.4. The predicted molar refractivity (Wildman–Crippen MR) is 184 cm³/mol. The van der Waals surface area contributed by atoms with E-state index in [-0.39, 0.29) is 42.8 Å². The molecule has 2 amide bonds. The van der Waals surface area contributed by atoms with Gasteiger partial charge in [0.2, 0.25) is 5.91 Å². The van der Waals surface area contributed by atoms with E-state index in [1.54, 1.807) is 18.5 Å². The molecule has 0 radical (unpaired) electrons. The third kappa shape index (κ3) is 8.24. The molecule has 0 bridgehead atoms. The molecule has 1 atom stereocenters. The maximum Gasteiger partial charge on any atom is 0.310 e. The number of rotatable bonds is 12. The summed E-state index contributed by atoms with van der Waals surface area (Å²) in [5, 5.41) is 12.2. The van der Waals surface area contributed by atoms with Gasteiger partial charge in [-0.1, -0.05) is 71.0 Å². The molecule has 4 aromatic rings. The minimum atomic E-state index is -0.922. The first-order valence-electron chi connectivity index (χ1n) is 16.1. The Morgan fingerprint density at radius 1 is 0.915 bits per heavy atom. The molecule has 0 saturated carbocycles. The second-order valence-electron chi connectivity index (χ2n) is 13.0. The minimum absolute atomic E-state index is 0.0961. The lowest BCUT2D eigenvalue weighted by Crippen LogP contribution is -2.59. The number of aromatic nitrogens is 2. The lowest BCUT2D eigenvalue weighted by molar-refractivity contribution is -0.153. The van der Waals surface area contributed by atoms with Crippen LogP contribution in [0.4, 0.5) is 0 Å². The summed E-state index contributed by atoms with van der Waals surface area (Å²) in [6.45, 7) is 10.8. The molecule has 2 N–H and O–H groups in total. The van der Waals surface area contributed by atoms with E-state index in [0.717, 1.165) is 45.7 Å². The van der Waals surface area contributed by atoms with Crippen LogP contribution < -0.4 is 10.1 Å². The number of thiophene rings is 1. The summed E-state index contributed by atoms with van der Waals surface area (Å²) in [5.41, 5.74) is 3.46. The average molecular weight is 655 g/mol. The van der Waals surface area contributed by atoms with Crippen LogP contribution in [0, 0.1) is 5.92 Å². The number of hydrogen-bond donors (Lipinski definition) is 2. The number of aliphatic carboxylic acids is 1. The van der Waals surface area contributed by atoms with Crippen molar-refractivity contribution in [1.29, 1.82) is 0 Å². The fraction of sp³-hybridized carbons (Fsp3) is 0.378. The molecule has 0 spiro atoms. The monoisotopic (exact) mass is 654 g/mol. The third-order valence-corrected chi connectivity index (χ3v) is 9.93. The van der Waals surface area contributed by atoms with E-state index in [9.17, 15) is 19.5 Å². The van der Waals surface area contributed by atoms with E-state index in [4.69, 9.17) is 4.74 Å². The quantitative estimate of drug-likeness (QED) is 0.176. The van der Waals surface area contributed by atoms with Crippen molar-refractivity contribution in [2.24, 2.45) is 5.92 Å². The average Bonchev–Trinajstić information content (AvgIpc) is 3.55. The minimum Gasteiger partial charge on any atom is -0.490 e. The number of ether oxygens (including phenoxy) is 1. The molecular formula is C37H42N4O5S. The number of hydrogen-bond acceptors (Lipinski definition) is 7. The first-order chi connectivity index (χ1) is 22.4. The van der Waals surface area contributed by atoms with Crippen molar-refractivity contribution >= 4 is 29.1 Å². The lowest BCUT2D eigenvalue weighted by atomic mass is 9.95. The fourth-order valence-electron chi connectivity index (χ4n) is 5.35. The summed E-state index contributed by atoms with van der Waals surface area (Å²) in [4.78, 5) is 50.3. The Morgan fingerprint density at radius 3 is 2.09 bits per heavy atom. The first kappa shape index (κ1) is 33.8. The molecule has 5 rings (SSSR count). The molecule has 1 aliphatic rings. The second-order valence-corrected chi connectivity index (χ2v) is 14.1. The molecule has 2 aromatic carbocycles. The summed E-state index contributed by atoms with van der Waals surface area (Å²) in [5.74, 6) is -0.699. The highest BCUT2D eigenvalue weighted by Crippen LogP contribution is 2.30. The summed E-state index contributed by atoms with van der Waals surface area (Å²) < 4.78 is 6.02. The van der Waals surface area contributed by atoms with Gasteiger partial charge in [0, 0.05) is 47.9 Å². The van der Waals surface area contributed by atoms with E-state index < -0.39 is 17.9 Å². The number of likely N-dealkylation sites (tertiary alicyclic amines) is 1. The number of benzene rings is 2. The standard InChI is InChI=1S/C37H42N4O5S/c1-6-28(7-2)46-29-14-12-24(13-15-29)26-19-38-33(39-20-26)25-10-8-23(9-11-25)18-30(35(43)41-21-27(22-41)36(44)45)40-34(42)31-16-17-32(47-31)37(3,4)5/h8-17,19-20,27-28,30H,6-7,18,21-22H2,1-5H3,(H,40,42)(H,44,45)/t30-/m0/s1. The van der Waals surface area contributed by atoms with Crippen LogP contribution in [0.3, 0.4) is 0 Å². The highest BCUT2D eigenvalue weighted by molar-refractivity contribution is 7.14. The van der Waals surface area contributed by atoms with Crippen molar-refractivity contribution in [3.63, 3.8) is 0 Å². The van der Waals surface area contributed by atoms with E-state index in [0.29, 0.717) is 10.7 Å². The smallest absolute Gasteiger partial charge is 0.310 e. The number of carboxylic acids is 1. The van der Waals surface area contributed by atoms with Gasteiger partial charge in [-0.3, -0.25) is 14.4 Å². The van der Waals surface area contributed by atoms with Crippen molar-refractivity contribution in [1.82, 2.24) is 20.2 Å². The number of nitrogens with zero attached hydrogens (tertiary/aromatic N) is 3. The summed E-state index contributed by atoms with van der Waals surface area (Å²) in [6.07, 6.45) is 5.99. The summed E-state index contributed by atoms with van der Waals surface area (Å²) in [7, 11) is 0. The van der Waals surface area contributed by atoms with Gasteiger partial charge >= 0.3 is 5.97 Å². The number of carboxylic acid groups (broad SMARTS) is 1. The van der Waals surface area contributed by atoms with Crippen LogP contribution in [-0.2, 0) is 21.4 Å². The van der Waals surface area contributed by atoms with Crippen LogP contribution >= 0.6 is 11.3 Å². The van der Waals surface area contributed by atoms with Gasteiger partial charge in [0.05, 0.1) is 16.9 Å². The Balaban J connectivity index is 1.27. The third-order valence-electron chi connectivity index (χ3n) is 8.42. The fourth-order valence-corrected chi connectivity index (χ4v) is 6.32. The zero-order chi connectivity index (χ0) is 33.7. The van der Waals surface area contributed by atoms with Crippen LogP contribution in [0.2, 0.25) is 0 Å². The molecule has 2 aromatic heterocycles. The van der Waals surface area contributed by atoms with Crippen LogP contribution in [0.25, 0.3) is 22.5 Å². The largest absolute Gasteiger partial charge is 0.490 e. The zero-order valence-corrected chi connectivity index (χ0v) is 28.3. The summed E-state index contributed by atoms with van der Waals surface area (Å²) >= 11 is 1.41. The van der Waals surface area contributed by atoms with Crippen molar-refractivity contribution < 1.29 is 24.2 Å². The molecule has 47 heavy (non-hydrogen) atoms. The van der Waals surface area contributed by atoms with Crippen LogP contribution in [-0.4, -0.2) is 63.0 Å². The molecule has 10 heteroatoms. The van der Waals surface area contributed by atoms with Gasteiger partial charge in [0.1, 0.15) is 11.8 Å². The Kier molecular flexibility index (Phi) is 10.4. The molecular weight excluding hydrogens is 612 g/mol. The lowest BCUT2D eigenvalue weighted by Gasteiger charge is -2.38. The first-order valence-corrected chi connectivity index (χ1v) is 16.9. The van der Waals surface area contributed by atoms with Crippen LogP contribution in [0.1, 0.15) is 67.6 Å². The highest BCUT2D eigenvalue weighted by Gasteiger charge is 2.39. The molecule has 9 nitrogen and oxygen atoms in total. The maximum absolute atomic E-state index is 13.5. The van der Waals surface area contributed by atoms with Gasteiger partial charge in [-0.2, -0.15) is 0 Å². The van der Waals surface area contributed by atoms with Crippen molar-refractivity contribution in [3.05, 3.63) is 88.4 Å². The van der Waals surface area contributed by atoms with Crippen molar-refractivity contribution in [2.75, 3.05) is 13.1 Å². The molecule has 246 valence electrons. The van der Waals surface area contributed by atoms with Crippen LogP contribution in [0.15, 0.2) is 73.1 Å². The molecule has 1 saturated heterocycles. The topological polar surface area (TPSA) is 122 Å². The molecule has 1 aliphatic heterocycles. The Hall–Kier alpha value is -4.57. The zero-order valence-electron chi connectivity index (χ0n) is 27.5. The number of nitrogens with one attached hydrogen (secondary N) is 1. The Labute approximate surface area is 280 Å². The van der Waals surface area contributed by atoms with Gasteiger partial charge in [0.15, 0.2) is 5.82 Å². The van der Waals surface area contributed by atoms with E-state index in [2.05, 4.69) is 49.9 Å². The second kappa shape index (κ2) is 14.5. The Morgan fingerprint density at radius 2 is 1.53 bits per heavy atom. The predicted octanol–water partition coefficient (Wildman–Crippen LogP) is 6.62. The Bertz CT molecular complexity index is 1680. The molecule has 1 fully saturated rings. The van der Waals surface area contributed by atoms with Crippen molar-refractivity contribution in [2.45, 2.75) is 71.4 Å². The maximum atomic E-state index is 13.5. The van der Waals surface area contributed by atoms with Crippen LogP contribution in [0.5, 0.6) is 5.75 Å². The van der Waals surface area contributed by atoms with Gasteiger partial charge in [-0.05, 0) is 53.6 Å². The molecule has 0 unspecified atom stereocenters. The van der Waals surface area contributed by atoms with Gasteiger partial charge in [0.25, 0.3) is 5.91 Å². The van der Waals surface area contributed by atoms with E-state index in [1.807, 2.05) is 54.6 Å². The molecule has 0 aliphatic carbocycles. The number of carbonyl (C=O) groups is 3. The number of carbonyl (C=O) groups excluding carboxylic acids is 2.